The van der Waals surface area contributed by atoms with Gasteiger partial charge in [-0.2, -0.15) is 8.42 Å². The molecule has 1 aromatic rings. The van der Waals surface area contributed by atoms with Crippen molar-refractivity contribution in [1.29, 1.82) is 0 Å². The fraction of sp³-hybridized carbons (Fsp3) is 0.579. The van der Waals surface area contributed by atoms with Crippen molar-refractivity contribution in [2.24, 2.45) is 5.92 Å². The Kier molecular flexibility index (Phi) is 7.82. The van der Waals surface area contributed by atoms with E-state index in [4.69, 9.17) is 9.29 Å². The van der Waals surface area contributed by atoms with Crippen LogP contribution in [0.3, 0.4) is 0 Å². The highest BCUT2D eigenvalue weighted by Crippen LogP contribution is 2.25. The molecule has 2 amide bonds. The molecule has 2 unspecified atom stereocenters. The summed E-state index contributed by atoms with van der Waals surface area (Å²) < 4.78 is 36.8. The van der Waals surface area contributed by atoms with Gasteiger partial charge in [-0.3, -0.25) is 9.35 Å². The molecule has 9 heteroatoms. The summed E-state index contributed by atoms with van der Waals surface area (Å²) in [4.78, 5) is 24.7. The molecular weight excluding hydrogens is 384 g/mol. The lowest BCUT2D eigenvalue weighted by Crippen LogP contribution is -2.50. The number of alkyl carbamates (subject to hydrolysis) is 1. The first kappa shape index (κ1) is 22.2. The summed E-state index contributed by atoms with van der Waals surface area (Å²) in [6.07, 6.45) is 0.652. The van der Waals surface area contributed by atoms with Crippen molar-refractivity contribution < 1.29 is 27.3 Å². The van der Waals surface area contributed by atoms with Gasteiger partial charge in [-0.25, -0.2) is 4.79 Å². The number of ether oxygens (including phenoxy) is 1. The van der Waals surface area contributed by atoms with Crippen molar-refractivity contribution in [3.05, 3.63) is 35.9 Å². The number of nitrogens with one attached hydrogen (secondary N) is 2. The van der Waals surface area contributed by atoms with Crippen LogP contribution in [0.4, 0.5) is 4.79 Å². The lowest BCUT2D eigenvalue weighted by atomic mass is 10.0. The molecule has 1 aliphatic rings. The first-order valence-electron chi connectivity index (χ1n) is 9.39. The quantitative estimate of drug-likeness (QED) is 0.563. The van der Waals surface area contributed by atoms with Gasteiger partial charge in [0.15, 0.2) is 0 Å². The Morgan fingerprint density at radius 3 is 2.46 bits per heavy atom. The van der Waals surface area contributed by atoms with E-state index in [0.717, 1.165) is 5.56 Å². The van der Waals surface area contributed by atoms with Crippen LogP contribution in [-0.2, 0) is 26.3 Å². The molecule has 0 aromatic heterocycles. The SMILES string of the molecule is CC(C)C[C@H](NC(=O)OCc1ccccc1)C(=O)NC1CCC(S(=O)(=O)O)C1. The largest absolute Gasteiger partial charge is 0.445 e. The Morgan fingerprint density at radius 1 is 1.21 bits per heavy atom. The van der Waals surface area contributed by atoms with Gasteiger partial charge in [-0.15, -0.1) is 0 Å². The molecule has 0 heterocycles. The molecule has 1 aromatic carbocycles. The number of rotatable bonds is 8. The number of carbonyl (C=O) groups excluding carboxylic acids is 2. The highest BCUT2D eigenvalue weighted by atomic mass is 32.2. The summed E-state index contributed by atoms with van der Waals surface area (Å²) in [7, 11) is -4.10. The Morgan fingerprint density at radius 2 is 1.89 bits per heavy atom. The van der Waals surface area contributed by atoms with E-state index in [9.17, 15) is 18.0 Å². The van der Waals surface area contributed by atoms with Crippen LogP contribution >= 0.6 is 0 Å². The third-order valence-corrected chi connectivity index (χ3v) is 5.95. The summed E-state index contributed by atoms with van der Waals surface area (Å²) in [5.74, 6) is -0.231. The molecule has 0 radical (unpaired) electrons. The predicted octanol–water partition coefficient (Wildman–Crippen LogP) is 2.25. The lowest BCUT2D eigenvalue weighted by molar-refractivity contribution is -0.124. The van der Waals surface area contributed by atoms with Gasteiger partial charge in [0.25, 0.3) is 10.1 Å². The minimum Gasteiger partial charge on any atom is -0.445 e. The Balaban J connectivity index is 1.89. The molecular formula is C19H28N2O6S. The molecule has 2 rings (SSSR count). The maximum Gasteiger partial charge on any atom is 0.408 e. The second-order valence-electron chi connectivity index (χ2n) is 7.54. The third-order valence-electron chi connectivity index (χ3n) is 4.68. The molecule has 3 atom stereocenters. The van der Waals surface area contributed by atoms with Gasteiger partial charge >= 0.3 is 6.09 Å². The summed E-state index contributed by atoms with van der Waals surface area (Å²) >= 11 is 0. The van der Waals surface area contributed by atoms with E-state index in [1.54, 1.807) is 0 Å². The first-order chi connectivity index (χ1) is 13.1. The molecule has 1 fully saturated rings. The normalized spacial score (nSPS) is 20.6. The van der Waals surface area contributed by atoms with Crippen LogP contribution in [0.15, 0.2) is 30.3 Å². The van der Waals surface area contributed by atoms with Crippen LogP contribution in [0.1, 0.15) is 45.1 Å². The molecule has 28 heavy (non-hydrogen) atoms. The smallest absolute Gasteiger partial charge is 0.408 e. The zero-order valence-corrected chi connectivity index (χ0v) is 16.9. The van der Waals surface area contributed by atoms with Gasteiger partial charge < -0.3 is 15.4 Å². The van der Waals surface area contributed by atoms with Crippen molar-refractivity contribution >= 4 is 22.1 Å². The van der Waals surface area contributed by atoms with Crippen LogP contribution in [-0.4, -0.2) is 42.3 Å². The predicted molar refractivity (Wildman–Crippen MR) is 104 cm³/mol. The molecule has 0 bridgehead atoms. The molecule has 1 aliphatic carbocycles. The molecule has 1 saturated carbocycles. The van der Waals surface area contributed by atoms with Crippen molar-refractivity contribution in [1.82, 2.24) is 10.6 Å². The molecule has 3 N–H and O–H groups in total. The Hall–Kier alpha value is -2.13. The second-order valence-corrected chi connectivity index (χ2v) is 9.24. The van der Waals surface area contributed by atoms with Crippen LogP contribution in [0.2, 0.25) is 0 Å². The minimum atomic E-state index is -4.10. The van der Waals surface area contributed by atoms with Crippen LogP contribution in [0, 0.1) is 5.92 Å². The van der Waals surface area contributed by atoms with Crippen LogP contribution < -0.4 is 10.6 Å². The van der Waals surface area contributed by atoms with Crippen molar-refractivity contribution in [3.63, 3.8) is 0 Å². The van der Waals surface area contributed by atoms with E-state index in [2.05, 4.69) is 10.6 Å². The number of hydrogen-bond acceptors (Lipinski definition) is 5. The third kappa shape index (κ3) is 7.12. The van der Waals surface area contributed by atoms with E-state index >= 15 is 0 Å². The highest BCUT2D eigenvalue weighted by Gasteiger charge is 2.35. The zero-order valence-electron chi connectivity index (χ0n) is 16.1. The summed E-state index contributed by atoms with van der Waals surface area (Å²) in [5.41, 5.74) is 0.838. The van der Waals surface area contributed by atoms with E-state index < -0.39 is 27.5 Å². The number of benzene rings is 1. The van der Waals surface area contributed by atoms with Gasteiger partial charge in [0.05, 0.1) is 5.25 Å². The van der Waals surface area contributed by atoms with Gasteiger partial charge in [0.1, 0.15) is 12.6 Å². The summed E-state index contributed by atoms with van der Waals surface area (Å²) in [6.45, 7) is 3.96. The van der Waals surface area contributed by atoms with E-state index in [0.29, 0.717) is 19.3 Å². The molecule has 8 nitrogen and oxygen atoms in total. The van der Waals surface area contributed by atoms with E-state index in [-0.39, 0.29) is 30.9 Å². The van der Waals surface area contributed by atoms with Gasteiger partial charge in [-0.1, -0.05) is 44.2 Å². The van der Waals surface area contributed by atoms with Crippen LogP contribution in [0.5, 0.6) is 0 Å². The number of amides is 2. The molecule has 0 spiro atoms. The molecule has 156 valence electrons. The maximum atomic E-state index is 12.6. The van der Waals surface area contributed by atoms with Crippen molar-refractivity contribution in [3.8, 4) is 0 Å². The topological polar surface area (TPSA) is 122 Å². The summed E-state index contributed by atoms with van der Waals surface area (Å²) in [5, 5.41) is 4.52. The first-order valence-corrected chi connectivity index (χ1v) is 10.9. The van der Waals surface area contributed by atoms with E-state index in [1.165, 1.54) is 0 Å². The van der Waals surface area contributed by atoms with Crippen molar-refractivity contribution in [2.45, 2.75) is 63.5 Å². The highest BCUT2D eigenvalue weighted by molar-refractivity contribution is 7.86. The Bertz CT molecular complexity index is 766. The minimum absolute atomic E-state index is 0.0986. The van der Waals surface area contributed by atoms with Crippen LogP contribution in [0.25, 0.3) is 0 Å². The fourth-order valence-electron chi connectivity index (χ4n) is 3.25. The number of hydrogen-bond donors (Lipinski definition) is 3. The molecule has 0 saturated heterocycles. The average molecular weight is 413 g/mol. The standard InChI is InChI=1S/C19H28N2O6S/c1-13(2)10-17(21-19(23)27-12-14-6-4-3-5-7-14)18(22)20-15-8-9-16(11-15)28(24,25)26/h3-7,13,15-17H,8-12H2,1-2H3,(H,20,22)(H,21,23)(H,24,25,26)/t15?,16?,17-/m0/s1. The van der Waals surface area contributed by atoms with E-state index in [1.807, 2.05) is 44.2 Å². The molecule has 0 aliphatic heterocycles. The number of carbonyl (C=O) groups is 2. The summed E-state index contributed by atoms with van der Waals surface area (Å²) in [6, 6.07) is 8.07. The second kappa shape index (κ2) is 9.88. The van der Waals surface area contributed by atoms with Gasteiger partial charge in [0, 0.05) is 6.04 Å². The zero-order chi connectivity index (χ0) is 20.7. The average Bonchev–Trinajstić information content (AvgIpc) is 3.09. The fourth-order valence-corrected chi connectivity index (χ4v) is 4.16. The lowest BCUT2D eigenvalue weighted by Gasteiger charge is -2.22. The van der Waals surface area contributed by atoms with Crippen molar-refractivity contribution in [2.75, 3.05) is 0 Å². The maximum absolute atomic E-state index is 12.6. The monoisotopic (exact) mass is 412 g/mol. The van der Waals surface area contributed by atoms with Gasteiger partial charge in [-0.05, 0) is 37.2 Å². The Labute approximate surface area is 165 Å². The van der Waals surface area contributed by atoms with Gasteiger partial charge in [0.2, 0.25) is 5.91 Å².